The van der Waals surface area contributed by atoms with Crippen LogP contribution in [0.2, 0.25) is 0 Å². The van der Waals surface area contributed by atoms with E-state index < -0.39 is 0 Å². The molecule has 0 radical (unpaired) electrons. The maximum absolute atomic E-state index is 12.6. The predicted molar refractivity (Wildman–Crippen MR) is 88.1 cm³/mol. The molecule has 1 saturated heterocycles. The highest BCUT2D eigenvalue weighted by atomic mass is 32.1. The van der Waals surface area contributed by atoms with Gasteiger partial charge in [-0.15, -0.1) is 0 Å². The van der Waals surface area contributed by atoms with Crippen molar-refractivity contribution in [3.63, 3.8) is 0 Å². The maximum Gasteiger partial charge on any atom is 0.276 e. The lowest BCUT2D eigenvalue weighted by molar-refractivity contribution is -0.124. The minimum Gasteiger partial charge on any atom is -0.506 e. The van der Waals surface area contributed by atoms with Crippen LogP contribution in [0.4, 0.5) is 0 Å². The number of pyridine rings is 1. The molecule has 1 amide bonds. The van der Waals surface area contributed by atoms with Crippen molar-refractivity contribution in [1.82, 2.24) is 15.2 Å². The van der Waals surface area contributed by atoms with Crippen LogP contribution < -0.4 is 5.32 Å². The summed E-state index contributed by atoms with van der Waals surface area (Å²) in [4.78, 5) is 18.6. The molecule has 5 nitrogen and oxygen atoms in total. The quantitative estimate of drug-likeness (QED) is 0.648. The molecule has 2 aliphatic rings. The minimum absolute atomic E-state index is 0.0507. The van der Waals surface area contributed by atoms with Crippen LogP contribution >= 0.6 is 12.2 Å². The summed E-state index contributed by atoms with van der Waals surface area (Å²) in [6.45, 7) is 1.84. The molecule has 116 valence electrons. The van der Waals surface area contributed by atoms with E-state index in [9.17, 15) is 9.90 Å². The van der Waals surface area contributed by atoms with Crippen LogP contribution in [0.1, 0.15) is 43.5 Å². The van der Waals surface area contributed by atoms with Crippen LogP contribution in [0.25, 0.3) is 6.08 Å². The lowest BCUT2D eigenvalue weighted by atomic mass is 9.94. The summed E-state index contributed by atoms with van der Waals surface area (Å²) in [7, 11) is 0. The van der Waals surface area contributed by atoms with Crippen molar-refractivity contribution in [3.05, 3.63) is 29.2 Å². The molecule has 22 heavy (non-hydrogen) atoms. The second kappa shape index (κ2) is 6.04. The van der Waals surface area contributed by atoms with Gasteiger partial charge in [-0.2, -0.15) is 0 Å². The van der Waals surface area contributed by atoms with E-state index in [0.717, 1.165) is 31.4 Å². The van der Waals surface area contributed by atoms with Gasteiger partial charge in [0.1, 0.15) is 17.1 Å². The highest BCUT2D eigenvalue weighted by Crippen LogP contribution is 2.27. The smallest absolute Gasteiger partial charge is 0.276 e. The highest BCUT2D eigenvalue weighted by Gasteiger charge is 2.36. The summed E-state index contributed by atoms with van der Waals surface area (Å²) in [6.07, 6.45) is 7.05. The molecule has 0 bridgehead atoms. The van der Waals surface area contributed by atoms with E-state index >= 15 is 0 Å². The number of amides is 1. The summed E-state index contributed by atoms with van der Waals surface area (Å²) in [5.41, 5.74) is 1.54. The van der Waals surface area contributed by atoms with Crippen molar-refractivity contribution in [3.8, 4) is 5.75 Å². The van der Waals surface area contributed by atoms with Gasteiger partial charge >= 0.3 is 0 Å². The normalized spacial score (nSPS) is 21.5. The van der Waals surface area contributed by atoms with Gasteiger partial charge in [0, 0.05) is 11.7 Å². The zero-order valence-corrected chi connectivity index (χ0v) is 13.3. The third kappa shape index (κ3) is 2.83. The lowest BCUT2D eigenvalue weighted by Crippen LogP contribution is -2.41. The summed E-state index contributed by atoms with van der Waals surface area (Å²) in [6, 6.07) is 3.48. The van der Waals surface area contributed by atoms with Crippen LogP contribution in [-0.4, -0.2) is 32.1 Å². The molecule has 1 aliphatic carbocycles. The fourth-order valence-electron chi connectivity index (χ4n) is 3.03. The fourth-order valence-corrected chi connectivity index (χ4v) is 3.37. The van der Waals surface area contributed by atoms with Crippen LogP contribution in [0.5, 0.6) is 5.75 Å². The Kier molecular flexibility index (Phi) is 4.11. The number of nitrogens with zero attached hydrogens (tertiary/aromatic N) is 2. The molecule has 0 spiro atoms. The van der Waals surface area contributed by atoms with Crippen molar-refractivity contribution in [1.29, 1.82) is 0 Å². The first-order valence-electron chi connectivity index (χ1n) is 7.59. The zero-order valence-electron chi connectivity index (χ0n) is 12.5. The van der Waals surface area contributed by atoms with Crippen molar-refractivity contribution < 1.29 is 9.90 Å². The van der Waals surface area contributed by atoms with Gasteiger partial charge in [0.2, 0.25) is 0 Å². The van der Waals surface area contributed by atoms with Crippen LogP contribution in [0.15, 0.2) is 17.8 Å². The largest absolute Gasteiger partial charge is 0.506 e. The number of thiocarbonyl (C=S) groups is 1. The average Bonchev–Trinajstić information content (AvgIpc) is 2.78. The maximum atomic E-state index is 12.6. The SMILES string of the molecule is Cc1ccc(O)c(C=C2NC(=S)N(C3CCCCC3)C2=O)n1. The first kappa shape index (κ1) is 15.0. The second-order valence-electron chi connectivity index (χ2n) is 5.81. The Balaban J connectivity index is 1.86. The first-order chi connectivity index (χ1) is 10.6. The Morgan fingerprint density at radius 3 is 2.82 bits per heavy atom. The molecule has 0 unspecified atom stereocenters. The summed E-state index contributed by atoms with van der Waals surface area (Å²) < 4.78 is 0. The molecular formula is C16H19N3O2S. The third-order valence-corrected chi connectivity index (χ3v) is 4.47. The summed E-state index contributed by atoms with van der Waals surface area (Å²) in [5, 5.41) is 13.3. The Hall–Kier alpha value is -1.95. The fraction of sp³-hybridized carbons (Fsp3) is 0.438. The number of aromatic hydroxyl groups is 1. The number of carbonyl (C=O) groups excluding carboxylic acids is 1. The number of rotatable bonds is 2. The molecule has 2 heterocycles. The van der Waals surface area contributed by atoms with Gasteiger partial charge < -0.3 is 10.4 Å². The lowest BCUT2D eigenvalue weighted by Gasteiger charge is -2.29. The number of carbonyl (C=O) groups is 1. The number of hydrogen-bond acceptors (Lipinski definition) is 4. The molecule has 0 atom stereocenters. The summed E-state index contributed by atoms with van der Waals surface area (Å²) in [5.74, 6) is -0.0747. The topological polar surface area (TPSA) is 65.5 Å². The molecule has 1 aromatic heterocycles. The minimum atomic E-state index is -0.125. The van der Waals surface area contributed by atoms with Gasteiger partial charge in [0.15, 0.2) is 5.11 Å². The number of aromatic nitrogens is 1. The Morgan fingerprint density at radius 1 is 1.36 bits per heavy atom. The van der Waals surface area contributed by atoms with Gasteiger partial charge in [-0.3, -0.25) is 9.69 Å². The number of aryl methyl sites for hydroxylation is 1. The van der Waals surface area contributed by atoms with E-state index in [2.05, 4.69) is 10.3 Å². The number of hydrogen-bond donors (Lipinski definition) is 2. The van der Waals surface area contributed by atoms with E-state index in [1.165, 1.54) is 6.42 Å². The molecule has 1 aromatic rings. The van der Waals surface area contributed by atoms with Crippen LogP contribution in [0, 0.1) is 6.92 Å². The molecule has 1 aliphatic heterocycles. The van der Waals surface area contributed by atoms with Gasteiger partial charge in [-0.1, -0.05) is 19.3 Å². The van der Waals surface area contributed by atoms with Gasteiger partial charge in [0.05, 0.1) is 0 Å². The summed E-state index contributed by atoms with van der Waals surface area (Å²) >= 11 is 5.32. The predicted octanol–water partition coefficient (Wildman–Crippen LogP) is 2.49. The van der Waals surface area contributed by atoms with Crippen molar-refractivity contribution >= 4 is 29.3 Å². The Morgan fingerprint density at radius 2 is 2.09 bits per heavy atom. The first-order valence-corrected chi connectivity index (χ1v) is 8.00. The molecule has 1 saturated carbocycles. The monoisotopic (exact) mass is 317 g/mol. The molecule has 6 heteroatoms. The molecule has 2 N–H and O–H groups in total. The third-order valence-electron chi connectivity index (χ3n) is 4.17. The van der Waals surface area contributed by atoms with E-state index in [1.807, 2.05) is 6.92 Å². The van der Waals surface area contributed by atoms with Gasteiger partial charge in [-0.05, 0) is 50.2 Å². The van der Waals surface area contributed by atoms with Gasteiger partial charge in [-0.25, -0.2) is 4.98 Å². The van der Waals surface area contributed by atoms with Crippen LogP contribution in [0.3, 0.4) is 0 Å². The molecular weight excluding hydrogens is 298 g/mol. The standard InChI is InChI=1S/C16H19N3O2S/c1-10-7-8-14(20)12(17-10)9-13-15(21)19(16(22)18-13)11-5-3-2-4-6-11/h7-9,11,20H,2-6H2,1H3,(H,18,22). The molecule has 3 rings (SSSR count). The van der Waals surface area contributed by atoms with E-state index in [0.29, 0.717) is 16.5 Å². The molecule has 2 fully saturated rings. The second-order valence-corrected chi connectivity index (χ2v) is 6.20. The number of nitrogens with one attached hydrogen (secondary N) is 1. The van der Waals surface area contributed by atoms with Crippen molar-refractivity contribution in [2.45, 2.75) is 45.1 Å². The van der Waals surface area contributed by atoms with Crippen molar-refractivity contribution in [2.24, 2.45) is 0 Å². The van der Waals surface area contributed by atoms with E-state index in [4.69, 9.17) is 12.2 Å². The Labute approximate surface area is 135 Å². The average molecular weight is 317 g/mol. The van der Waals surface area contributed by atoms with Crippen LogP contribution in [-0.2, 0) is 4.79 Å². The zero-order chi connectivity index (χ0) is 15.7. The van der Waals surface area contributed by atoms with Gasteiger partial charge in [0.25, 0.3) is 5.91 Å². The van der Waals surface area contributed by atoms with E-state index in [1.54, 1.807) is 23.1 Å². The Bertz CT molecular complexity index is 651. The van der Waals surface area contributed by atoms with E-state index in [-0.39, 0.29) is 17.7 Å². The highest BCUT2D eigenvalue weighted by molar-refractivity contribution is 7.80. The molecule has 0 aromatic carbocycles. The van der Waals surface area contributed by atoms with Crippen molar-refractivity contribution in [2.75, 3.05) is 0 Å².